The fraction of sp³-hybridized carbons (Fsp3) is 0.583. The number of ether oxygens (including phenoxy) is 3. The van der Waals surface area contributed by atoms with E-state index in [1.807, 2.05) is 12.1 Å². The summed E-state index contributed by atoms with van der Waals surface area (Å²) in [5.74, 6) is 3.04. The molecule has 3 aliphatic heterocycles. The van der Waals surface area contributed by atoms with Crippen molar-refractivity contribution in [1.29, 1.82) is 0 Å². The van der Waals surface area contributed by atoms with Gasteiger partial charge in [0.1, 0.15) is 35.9 Å². The third-order valence-corrected chi connectivity index (χ3v) is 8.20. The predicted molar refractivity (Wildman–Crippen MR) is 228 cm³/mol. The molecule has 3 aliphatic rings. The van der Waals surface area contributed by atoms with E-state index in [-0.39, 0.29) is 18.3 Å². The minimum atomic E-state index is 0. The standard InChI is InChI=1S/C13H22O.C12H20O.2C11H16O.CH4/c1-10-11(7-8-14-10)13(5,6)9-12(2,3)4;1-9-8-13-10(2)11(9)6-7-12(3,4)5;2*1-9-10(6-8-12-9)5-7-11(2,3)4;/h7H,1,8-9H2,2-6H3;6,9H,2,7-8H2,1,3-5H3;5-6,8H,1,7H2,2-4H3;5-7H,1,8H2,2-4H3;1H4/b;11-6+;10-5+;7-5+;/t;9-;;;/m.1.../s1. The highest BCUT2D eigenvalue weighted by Crippen LogP contribution is 2.43. The van der Waals surface area contributed by atoms with Crippen LogP contribution in [0.25, 0.3) is 12.7 Å². The lowest BCUT2D eigenvalue weighted by atomic mass is 9.71. The van der Waals surface area contributed by atoms with Crippen molar-refractivity contribution >= 4 is 12.7 Å². The van der Waals surface area contributed by atoms with Gasteiger partial charge in [0.25, 0.3) is 0 Å². The summed E-state index contributed by atoms with van der Waals surface area (Å²) in [6.07, 6.45) is 17.9. The zero-order valence-corrected chi connectivity index (χ0v) is 35.4. The number of rotatable bonds is 5. The van der Waals surface area contributed by atoms with Crippen molar-refractivity contribution in [3.05, 3.63) is 107 Å². The van der Waals surface area contributed by atoms with Crippen molar-refractivity contribution in [2.45, 2.75) is 131 Å². The fourth-order valence-corrected chi connectivity index (χ4v) is 5.78. The molecule has 0 aliphatic carbocycles. The van der Waals surface area contributed by atoms with Crippen LogP contribution in [-0.2, 0) is 14.2 Å². The Kier molecular flexibility index (Phi) is 18.8. The third-order valence-electron chi connectivity index (χ3n) is 8.20. The molecule has 0 unspecified atom stereocenters. The fourth-order valence-electron chi connectivity index (χ4n) is 5.78. The maximum Gasteiger partial charge on any atom is 0.126 e. The lowest BCUT2D eigenvalue weighted by Crippen LogP contribution is -2.22. The first-order valence-corrected chi connectivity index (χ1v) is 18.6. The molecule has 1 aromatic rings. The van der Waals surface area contributed by atoms with Crippen LogP contribution in [0.1, 0.15) is 131 Å². The lowest BCUT2D eigenvalue weighted by Gasteiger charge is -2.33. The molecule has 0 saturated carbocycles. The summed E-state index contributed by atoms with van der Waals surface area (Å²) in [7, 11) is 0. The molecule has 1 atom stereocenters. The van der Waals surface area contributed by atoms with Crippen molar-refractivity contribution in [2.24, 2.45) is 33.0 Å². The Morgan fingerprint density at radius 2 is 1.23 bits per heavy atom. The van der Waals surface area contributed by atoms with Gasteiger partial charge in [-0.3, -0.25) is 0 Å². The van der Waals surface area contributed by atoms with E-state index in [2.05, 4.69) is 161 Å². The van der Waals surface area contributed by atoms with E-state index in [1.54, 1.807) is 6.26 Å². The molecule has 0 N–H and O–H groups in total. The maximum atomic E-state index is 5.38. The molecule has 0 radical (unpaired) electrons. The molecule has 0 bridgehead atoms. The first kappa shape index (κ1) is 48.6. The molecule has 1 aromatic heterocycles. The van der Waals surface area contributed by atoms with Crippen molar-refractivity contribution in [3.8, 4) is 0 Å². The minimum absolute atomic E-state index is 0. The Hall–Kier alpha value is -3.40. The molecule has 0 spiro atoms. The van der Waals surface area contributed by atoms with Crippen LogP contribution in [-0.4, -0.2) is 19.8 Å². The quantitative estimate of drug-likeness (QED) is 0.304. The minimum Gasteiger partial charge on any atom is -0.493 e. The number of allylic oxidation sites excluding steroid dienone is 5. The van der Waals surface area contributed by atoms with Gasteiger partial charge in [-0.05, 0) is 75.7 Å². The van der Waals surface area contributed by atoms with Crippen LogP contribution >= 0.6 is 0 Å². The van der Waals surface area contributed by atoms with Gasteiger partial charge < -0.3 is 18.6 Å². The van der Waals surface area contributed by atoms with Gasteiger partial charge in [0, 0.05) is 16.7 Å². The summed E-state index contributed by atoms with van der Waals surface area (Å²) in [5.41, 5.74) is 5.90. The van der Waals surface area contributed by atoms with E-state index in [0.717, 1.165) is 59.4 Å². The van der Waals surface area contributed by atoms with E-state index in [0.29, 0.717) is 35.4 Å². The predicted octanol–water partition coefficient (Wildman–Crippen LogP) is 13.0. The Morgan fingerprint density at radius 1 is 0.692 bits per heavy atom. The van der Waals surface area contributed by atoms with Crippen molar-refractivity contribution in [2.75, 3.05) is 19.8 Å². The van der Waals surface area contributed by atoms with Crippen LogP contribution in [0.15, 0.2) is 101 Å². The molecule has 4 heteroatoms. The molecule has 4 nitrogen and oxygen atoms in total. The van der Waals surface area contributed by atoms with Crippen LogP contribution in [0.3, 0.4) is 0 Å². The largest absolute Gasteiger partial charge is 0.493 e. The second-order valence-electron chi connectivity index (χ2n) is 19.4. The summed E-state index contributed by atoms with van der Waals surface area (Å²) in [6.45, 7) is 51.0. The Bertz CT molecular complexity index is 1540. The van der Waals surface area contributed by atoms with E-state index < -0.39 is 0 Å². The third kappa shape index (κ3) is 20.0. The summed E-state index contributed by atoms with van der Waals surface area (Å²) in [4.78, 5) is 0. The maximum absolute atomic E-state index is 5.38. The van der Waals surface area contributed by atoms with E-state index >= 15 is 0 Å². The zero-order chi connectivity index (χ0) is 39.4. The molecule has 1 fully saturated rings. The molecule has 4 rings (SSSR count). The highest BCUT2D eigenvalue weighted by atomic mass is 16.5. The summed E-state index contributed by atoms with van der Waals surface area (Å²) in [6, 6.07) is 1.95. The molecule has 4 heterocycles. The van der Waals surface area contributed by atoms with Gasteiger partial charge in [0.2, 0.25) is 0 Å². The van der Waals surface area contributed by atoms with Gasteiger partial charge in [-0.2, -0.15) is 0 Å². The molecule has 0 aromatic carbocycles. The molecule has 52 heavy (non-hydrogen) atoms. The summed E-state index contributed by atoms with van der Waals surface area (Å²) in [5, 5.41) is 1.12. The van der Waals surface area contributed by atoms with E-state index in [4.69, 9.17) is 18.6 Å². The second kappa shape index (κ2) is 20.2. The van der Waals surface area contributed by atoms with Gasteiger partial charge in [-0.15, -0.1) is 0 Å². The summed E-state index contributed by atoms with van der Waals surface area (Å²) < 4.78 is 21.0. The average molecular weight is 719 g/mol. The van der Waals surface area contributed by atoms with Gasteiger partial charge in [0.05, 0.1) is 12.9 Å². The molecule has 1 saturated heterocycles. The van der Waals surface area contributed by atoms with Crippen LogP contribution in [0.2, 0.25) is 0 Å². The SMILES string of the molecule is C.C=C1OCC=C1/C=C/C(C)(C)C.C=C1OCC=C1C(C)(C)CC(C)(C)C.C=C1OC[C@@H](C)/C1=C\CC(C)(C)C.C=c1occ/c1=C\CC(C)(C)C. The normalized spacial score (nSPS) is 18.9. The van der Waals surface area contributed by atoms with Crippen molar-refractivity contribution in [1.82, 2.24) is 0 Å². The van der Waals surface area contributed by atoms with Gasteiger partial charge in [-0.25, -0.2) is 0 Å². The van der Waals surface area contributed by atoms with Gasteiger partial charge in [0.15, 0.2) is 0 Å². The van der Waals surface area contributed by atoms with Crippen molar-refractivity contribution in [3.63, 3.8) is 0 Å². The summed E-state index contributed by atoms with van der Waals surface area (Å²) >= 11 is 0. The first-order valence-electron chi connectivity index (χ1n) is 18.6. The molecular formula is C48H78O4. The average Bonchev–Trinajstić information content (AvgIpc) is 3.74. The molecule has 294 valence electrons. The molecular weight excluding hydrogens is 641 g/mol. The van der Waals surface area contributed by atoms with E-state index in [1.165, 1.54) is 11.1 Å². The molecule has 0 amide bonds. The van der Waals surface area contributed by atoms with Crippen LogP contribution in [0.5, 0.6) is 0 Å². The van der Waals surface area contributed by atoms with Crippen LogP contribution < -0.4 is 10.6 Å². The zero-order valence-electron chi connectivity index (χ0n) is 35.4. The monoisotopic (exact) mass is 719 g/mol. The second-order valence-corrected chi connectivity index (χ2v) is 19.4. The Labute approximate surface area is 320 Å². The topological polar surface area (TPSA) is 40.8 Å². The smallest absolute Gasteiger partial charge is 0.126 e. The van der Waals surface area contributed by atoms with Crippen LogP contribution in [0, 0.1) is 33.0 Å². The van der Waals surface area contributed by atoms with Gasteiger partial charge in [-0.1, -0.05) is 162 Å². The van der Waals surface area contributed by atoms with Crippen molar-refractivity contribution < 1.29 is 18.6 Å². The van der Waals surface area contributed by atoms with Crippen LogP contribution in [0.4, 0.5) is 0 Å². The Morgan fingerprint density at radius 3 is 1.62 bits per heavy atom. The number of furan rings is 1. The van der Waals surface area contributed by atoms with E-state index in [9.17, 15) is 0 Å². The lowest BCUT2D eigenvalue weighted by molar-refractivity contribution is 0.230. The first-order chi connectivity index (χ1) is 23.1. The number of hydrogen-bond donors (Lipinski definition) is 0. The highest BCUT2D eigenvalue weighted by Gasteiger charge is 2.32. The van der Waals surface area contributed by atoms with Gasteiger partial charge >= 0.3 is 0 Å². The Balaban J connectivity index is 0.000000664. The highest BCUT2D eigenvalue weighted by molar-refractivity contribution is 5.38. The number of hydrogen-bond acceptors (Lipinski definition) is 4.